The number of benzene rings is 1. The van der Waals surface area contributed by atoms with Gasteiger partial charge < -0.3 is 10.2 Å². The van der Waals surface area contributed by atoms with Crippen LogP contribution >= 0.6 is 11.6 Å². The lowest BCUT2D eigenvalue weighted by molar-refractivity contribution is -0.130. The first-order chi connectivity index (χ1) is 9.49. The Balaban J connectivity index is 2.47. The van der Waals surface area contributed by atoms with Gasteiger partial charge in [-0.3, -0.25) is 4.79 Å². The van der Waals surface area contributed by atoms with Crippen LogP contribution in [0.15, 0.2) is 18.2 Å². The molecule has 1 unspecified atom stereocenters. The summed E-state index contributed by atoms with van der Waals surface area (Å²) in [6, 6.07) is 4.34. The third-order valence-corrected chi connectivity index (χ3v) is 3.66. The topological polar surface area (TPSA) is 32.3 Å². The summed E-state index contributed by atoms with van der Waals surface area (Å²) in [7, 11) is 0. The number of rotatable bonds is 7. The van der Waals surface area contributed by atoms with Crippen molar-refractivity contribution >= 4 is 17.5 Å². The zero-order chi connectivity index (χ0) is 15.1. The average molecular weight is 301 g/mol. The monoisotopic (exact) mass is 300 g/mol. The van der Waals surface area contributed by atoms with Gasteiger partial charge in [-0.1, -0.05) is 17.7 Å². The number of hydrogen-bond acceptors (Lipinski definition) is 2. The molecule has 0 bridgehead atoms. The van der Waals surface area contributed by atoms with E-state index in [-0.39, 0.29) is 17.8 Å². The second kappa shape index (κ2) is 8.22. The Morgan fingerprint density at radius 2 is 2.05 bits per heavy atom. The van der Waals surface area contributed by atoms with Crippen LogP contribution in [0.25, 0.3) is 0 Å². The van der Waals surface area contributed by atoms with Crippen LogP contribution in [0.3, 0.4) is 0 Å². The minimum Gasteiger partial charge on any atom is -0.343 e. The first kappa shape index (κ1) is 16.9. The third-order valence-electron chi connectivity index (χ3n) is 3.33. The first-order valence-electron chi connectivity index (χ1n) is 6.95. The van der Waals surface area contributed by atoms with Crippen LogP contribution in [0.5, 0.6) is 0 Å². The Bertz CT molecular complexity index is 449. The molecule has 0 spiro atoms. The summed E-state index contributed by atoms with van der Waals surface area (Å²) in [6.07, 6.45) is 0.449. The molecule has 0 heterocycles. The van der Waals surface area contributed by atoms with Crippen molar-refractivity contribution in [3.8, 4) is 0 Å². The molecule has 1 atom stereocenters. The van der Waals surface area contributed by atoms with Gasteiger partial charge in [-0.25, -0.2) is 4.39 Å². The van der Waals surface area contributed by atoms with Gasteiger partial charge in [0, 0.05) is 37.1 Å². The smallest absolute Gasteiger partial charge is 0.223 e. The Labute approximate surface area is 125 Å². The molecule has 0 fully saturated rings. The molecule has 0 radical (unpaired) electrons. The van der Waals surface area contributed by atoms with E-state index in [4.69, 9.17) is 11.6 Å². The average Bonchev–Trinajstić information content (AvgIpc) is 2.39. The van der Waals surface area contributed by atoms with Crippen LogP contribution in [0.4, 0.5) is 4.39 Å². The fraction of sp³-hybridized carbons (Fsp3) is 0.533. The van der Waals surface area contributed by atoms with Crippen LogP contribution < -0.4 is 5.32 Å². The second-order valence-electron chi connectivity index (χ2n) is 4.66. The van der Waals surface area contributed by atoms with Gasteiger partial charge in [0.25, 0.3) is 0 Å². The van der Waals surface area contributed by atoms with Gasteiger partial charge in [-0.15, -0.1) is 0 Å². The number of amides is 1. The van der Waals surface area contributed by atoms with Gasteiger partial charge in [-0.05, 0) is 38.5 Å². The summed E-state index contributed by atoms with van der Waals surface area (Å²) in [5, 5.41) is 3.64. The maximum absolute atomic E-state index is 13.0. The normalized spacial score (nSPS) is 12.2. The van der Waals surface area contributed by atoms with Crippen molar-refractivity contribution < 1.29 is 9.18 Å². The Morgan fingerprint density at radius 3 is 2.60 bits per heavy atom. The molecule has 0 aromatic heterocycles. The Hall–Kier alpha value is -1.13. The summed E-state index contributed by atoms with van der Waals surface area (Å²) in [5.41, 5.74) is 0.836. The molecular weight excluding hydrogens is 279 g/mol. The molecule has 20 heavy (non-hydrogen) atoms. The van der Waals surface area contributed by atoms with E-state index >= 15 is 0 Å². The molecule has 1 amide bonds. The molecule has 1 rings (SSSR count). The van der Waals surface area contributed by atoms with E-state index in [0.717, 1.165) is 18.7 Å². The molecule has 5 heteroatoms. The number of hydrogen-bond donors (Lipinski definition) is 1. The number of carbonyl (C=O) groups is 1. The van der Waals surface area contributed by atoms with Crippen molar-refractivity contribution in [2.45, 2.75) is 33.2 Å². The highest BCUT2D eigenvalue weighted by atomic mass is 35.5. The zero-order valence-corrected chi connectivity index (χ0v) is 13.0. The molecule has 0 aliphatic carbocycles. The van der Waals surface area contributed by atoms with E-state index in [0.29, 0.717) is 18.0 Å². The standard InChI is InChI=1S/C15H22ClFN2O/c1-4-19(5-2)15(20)8-9-18-11(3)13-7-6-12(17)10-14(13)16/h6-7,10-11,18H,4-5,8-9H2,1-3H3. The number of carbonyl (C=O) groups excluding carboxylic acids is 1. The summed E-state index contributed by atoms with van der Waals surface area (Å²) in [5.74, 6) is -0.206. The minimum absolute atomic E-state index is 0.0207. The highest BCUT2D eigenvalue weighted by Crippen LogP contribution is 2.23. The van der Waals surface area contributed by atoms with Crippen LogP contribution in [-0.4, -0.2) is 30.4 Å². The van der Waals surface area contributed by atoms with E-state index in [9.17, 15) is 9.18 Å². The van der Waals surface area contributed by atoms with E-state index in [1.165, 1.54) is 12.1 Å². The zero-order valence-electron chi connectivity index (χ0n) is 12.2. The lowest BCUT2D eigenvalue weighted by Gasteiger charge is -2.20. The van der Waals surface area contributed by atoms with Gasteiger partial charge in [0.15, 0.2) is 0 Å². The fourth-order valence-corrected chi connectivity index (χ4v) is 2.42. The molecule has 1 aromatic carbocycles. The van der Waals surface area contributed by atoms with Gasteiger partial charge in [-0.2, -0.15) is 0 Å². The molecule has 3 nitrogen and oxygen atoms in total. The fourth-order valence-electron chi connectivity index (χ4n) is 2.09. The van der Waals surface area contributed by atoms with Crippen LogP contribution in [0, 0.1) is 5.82 Å². The molecule has 0 aliphatic heterocycles. The maximum Gasteiger partial charge on any atom is 0.223 e. The third kappa shape index (κ3) is 4.76. The van der Waals surface area contributed by atoms with Gasteiger partial charge in [0.1, 0.15) is 5.82 Å². The van der Waals surface area contributed by atoms with Crippen molar-refractivity contribution in [3.63, 3.8) is 0 Å². The van der Waals surface area contributed by atoms with E-state index in [1.807, 2.05) is 20.8 Å². The maximum atomic E-state index is 13.0. The van der Waals surface area contributed by atoms with Gasteiger partial charge in [0.2, 0.25) is 5.91 Å². The molecule has 0 aliphatic rings. The number of nitrogens with one attached hydrogen (secondary N) is 1. The lowest BCUT2D eigenvalue weighted by Crippen LogP contribution is -2.33. The van der Waals surface area contributed by atoms with Gasteiger partial charge >= 0.3 is 0 Å². The predicted molar refractivity (Wildman–Crippen MR) is 80.4 cm³/mol. The van der Waals surface area contributed by atoms with E-state index < -0.39 is 0 Å². The van der Waals surface area contributed by atoms with E-state index in [2.05, 4.69) is 5.32 Å². The van der Waals surface area contributed by atoms with Crippen LogP contribution in [-0.2, 0) is 4.79 Å². The molecule has 1 N–H and O–H groups in total. The Morgan fingerprint density at radius 1 is 1.40 bits per heavy atom. The largest absolute Gasteiger partial charge is 0.343 e. The summed E-state index contributed by atoms with van der Waals surface area (Å²) >= 11 is 6.01. The predicted octanol–water partition coefficient (Wildman–Crippen LogP) is 3.39. The first-order valence-corrected chi connectivity index (χ1v) is 7.33. The van der Waals surface area contributed by atoms with Crippen molar-refractivity contribution in [1.29, 1.82) is 0 Å². The second-order valence-corrected chi connectivity index (χ2v) is 5.06. The number of nitrogens with zero attached hydrogens (tertiary/aromatic N) is 1. The highest BCUT2D eigenvalue weighted by molar-refractivity contribution is 6.31. The minimum atomic E-state index is -0.345. The number of halogens is 2. The summed E-state index contributed by atoms with van der Waals surface area (Å²) < 4.78 is 13.0. The molecule has 112 valence electrons. The molecule has 0 saturated carbocycles. The van der Waals surface area contributed by atoms with Crippen LogP contribution in [0.1, 0.15) is 38.8 Å². The quantitative estimate of drug-likeness (QED) is 0.837. The van der Waals surface area contributed by atoms with E-state index in [1.54, 1.807) is 11.0 Å². The van der Waals surface area contributed by atoms with Crippen molar-refractivity contribution in [1.82, 2.24) is 10.2 Å². The van der Waals surface area contributed by atoms with Crippen molar-refractivity contribution in [2.24, 2.45) is 0 Å². The summed E-state index contributed by atoms with van der Waals surface area (Å²) in [4.78, 5) is 13.6. The molecular formula is C15H22ClFN2O. The lowest BCUT2D eigenvalue weighted by atomic mass is 10.1. The highest BCUT2D eigenvalue weighted by Gasteiger charge is 2.12. The van der Waals surface area contributed by atoms with Gasteiger partial charge in [0.05, 0.1) is 0 Å². The van der Waals surface area contributed by atoms with Crippen molar-refractivity contribution in [2.75, 3.05) is 19.6 Å². The Kier molecular flexibility index (Phi) is 6.96. The molecule has 1 aromatic rings. The molecule has 0 saturated heterocycles. The van der Waals surface area contributed by atoms with Crippen LogP contribution in [0.2, 0.25) is 5.02 Å². The van der Waals surface area contributed by atoms with Crippen molar-refractivity contribution in [3.05, 3.63) is 34.6 Å². The SMILES string of the molecule is CCN(CC)C(=O)CCNC(C)c1ccc(F)cc1Cl. The summed E-state index contributed by atoms with van der Waals surface area (Å²) in [6.45, 7) is 7.92.